The van der Waals surface area contributed by atoms with E-state index in [9.17, 15) is 18.0 Å². The summed E-state index contributed by atoms with van der Waals surface area (Å²) in [5.41, 5.74) is 0.256. The fourth-order valence-electron chi connectivity index (χ4n) is 2.62. The lowest BCUT2D eigenvalue weighted by atomic mass is 10.1. The van der Waals surface area contributed by atoms with Crippen molar-refractivity contribution in [2.45, 2.75) is 13.0 Å². The minimum Gasteiger partial charge on any atom is -0.381 e. The van der Waals surface area contributed by atoms with Crippen LogP contribution < -0.4 is 5.32 Å². The molecule has 0 bridgehead atoms. The zero-order valence-corrected chi connectivity index (χ0v) is 18.5. The van der Waals surface area contributed by atoms with Crippen molar-refractivity contribution in [2.75, 3.05) is 47.4 Å². The molecule has 0 radical (unpaired) electrons. The molecule has 0 aliphatic carbocycles. The van der Waals surface area contributed by atoms with E-state index in [4.69, 9.17) is 4.74 Å². The maximum absolute atomic E-state index is 13.4. The summed E-state index contributed by atoms with van der Waals surface area (Å²) in [5.74, 6) is -3.40. The van der Waals surface area contributed by atoms with Gasteiger partial charge >= 0.3 is 0 Å². The summed E-state index contributed by atoms with van der Waals surface area (Å²) < 4.78 is 45.4. The normalized spacial score (nSPS) is 16.5. The molecule has 1 saturated heterocycles. The molecule has 158 valence electrons. The molecule has 1 N–H and O–H groups in total. The Morgan fingerprint density at radius 3 is 2.43 bits per heavy atom. The highest BCUT2D eigenvalue weighted by molar-refractivity contribution is 14.0. The molecule has 1 atom stereocenters. The fraction of sp³-hybridized carbons (Fsp3) is 0.556. The first-order chi connectivity index (χ1) is 12.8. The predicted molar refractivity (Wildman–Crippen MR) is 111 cm³/mol. The first-order valence-electron chi connectivity index (χ1n) is 8.68. The Morgan fingerprint density at radius 2 is 1.89 bits per heavy atom. The number of carbonyl (C=O) groups is 1. The van der Waals surface area contributed by atoms with Crippen LogP contribution in [0.4, 0.5) is 13.2 Å². The maximum Gasteiger partial charge on any atom is 0.243 e. The van der Waals surface area contributed by atoms with Gasteiger partial charge in [0.05, 0.1) is 6.61 Å². The molecule has 10 heteroatoms. The lowest BCUT2D eigenvalue weighted by Crippen LogP contribution is -2.41. The van der Waals surface area contributed by atoms with Gasteiger partial charge in [0.2, 0.25) is 5.91 Å². The third-order valence-electron chi connectivity index (χ3n) is 4.26. The number of nitrogens with zero attached hydrogens (tertiary/aromatic N) is 3. The van der Waals surface area contributed by atoms with Gasteiger partial charge in [-0.3, -0.25) is 4.79 Å². The summed E-state index contributed by atoms with van der Waals surface area (Å²) in [5, 5.41) is 3.18. The van der Waals surface area contributed by atoms with Gasteiger partial charge in [0.15, 0.2) is 23.4 Å². The third-order valence-corrected chi connectivity index (χ3v) is 4.26. The Morgan fingerprint density at radius 1 is 1.25 bits per heavy atom. The number of rotatable bonds is 6. The Balaban J connectivity index is 0.00000392. The van der Waals surface area contributed by atoms with Gasteiger partial charge in [-0.25, -0.2) is 18.2 Å². The largest absolute Gasteiger partial charge is 0.381 e. The summed E-state index contributed by atoms with van der Waals surface area (Å²) in [6.45, 7) is 1.99. The number of hydrogen-bond donors (Lipinski definition) is 1. The van der Waals surface area contributed by atoms with Crippen molar-refractivity contribution in [3.8, 4) is 0 Å². The highest BCUT2D eigenvalue weighted by Crippen LogP contribution is 2.15. The molecule has 1 aliphatic rings. The van der Waals surface area contributed by atoms with E-state index in [1.165, 1.54) is 4.90 Å². The second-order valence-electron chi connectivity index (χ2n) is 6.77. The van der Waals surface area contributed by atoms with Gasteiger partial charge in [-0.15, -0.1) is 24.0 Å². The standard InChI is InChI=1S/C18H25F3N4O2.HI/c1-24(2)16(26)9-23-18(22-8-12-4-5-27-11-12)25(3)10-13-6-14(19)17(21)15(20)7-13;/h6-7,12H,4-5,8-11H2,1-3H3,(H,22,23);1H. The highest BCUT2D eigenvalue weighted by atomic mass is 127. The SMILES string of the molecule is CN(C)C(=O)CN=C(NCC1CCOC1)N(C)Cc1cc(F)c(F)c(F)c1.I. The summed E-state index contributed by atoms with van der Waals surface area (Å²) >= 11 is 0. The van der Waals surface area contributed by atoms with Crippen LogP contribution in [0.2, 0.25) is 0 Å². The number of carbonyl (C=O) groups excluding carboxylic acids is 1. The van der Waals surface area contributed by atoms with Gasteiger partial charge in [-0.1, -0.05) is 0 Å². The molecule has 1 fully saturated rings. The van der Waals surface area contributed by atoms with Gasteiger partial charge in [0.25, 0.3) is 0 Å². The first-order valence-corrected chi connectivity index (χ1v) is 8.68. The molecule has 1 aromatic carbocycles. The molecule has 1 aromatic rings. The molecule has 0 spiro atoms. The van der Waals surface area contributed by atoms with E-state index < -0.39 is 17.5 Å². The highest BCUT2D eigenvalue weighted by Gasteiger charge is 2.18. The van der Waals surface area contributed by atoms with Gasteiger partial charge < -0.3 is 19.9 Å². The molecule has 1 amide bonds. The lowest BCUT2D eigenvalue weighted by molar-refractivity contribution is -0.127. The van der Waals surface area contributed by atoms with Gasteiger partial charge in [0.1, 0.15) is 6.54 Å². The number of nitrogens with one attached hydrogen (secondary N) is 1. The van der Waals surface area contributed by atoms with Crippen LogP contribution in [0.1, 0.15) is 12.0 Å². The molecule has 2 rings (SSSR count). The van der Waals surface area contributed by atoms with E-state index in [-0.39, 0.29) is 48.5 Å². The van der Waals surface area contributed by atoms with Gasteiger partial charge in [-0.2, -0.15) is 0 Å². The molecule has 28 heavy (non-hydrogen) atoms. The van der Waals surface area contributed by atoms with Crippen molar-refractivity contribution in [2.24, 2.45) is 10.9 Å². The zero-order chi connectivity index (χ0) is 20.0. The number of ether oxygens (including phenoxy) is 1. The van der Waals surface area contributed by atoms with E-state index in [0.29, 0.717) is 31.6 Å². The van der Waals surface area contributed by atoms with Gasteiger partial charge in [0, 0.05) is 46.8 Å². The number of halogens is 4. The third kappa shape index (κ3) is 7.12. The Bertz CT molecular complexity index is 674. The quantitative estimate of drug-likeness (QED) is 0.274. The van der Waals surface area contributed by atoms with E-state index >= 15 is 0 Å². The van der Waals surface area contributed by atoms with E-state index in [0.717, 1.165) is 18.6 Å². The van der Waals surface area contributed by atoms with Crippen molar-refractivity contribution in [1.82, 2.24) is 15.1 Å². The number of benzene rings is 1. The second kappa shape index (κ2) is 11.4. The van der Waals surface area contributed by atoms with E-state index in [1.54, 1.807) is 26.0 Å². The lowest BCUT2D eigenvalue weighted by Gasteiger charge is -2.24. The molecular weight excluding hydrogens is 488 g/mol. The molecular formula is C18H26F3IN4O2. The smallest absolute Gasteiger partial charge is 0.243 e. The number of hydrogen-bond acceptors (Lipinski definition) is 3. The topological polar surface area (TPSA) is 57.2 Å². The maximum atomic E-state index is 13.4. The monoisotopic (exact) mass is 514 g/mol. The Kier molecular flexibility index (Phi) is 10.0. The average Bonchev–Trinajstić information content (AvgIpc) is 3.12. The Hall–Kier alpha value is -1.56. The minimum absolute atomic E-state index is 0. The molecule has 0 aromatic heterocycles. The number of likely N-dealkylation sites (N-methyl/N-ethyl adjacent to an activating group) is 1. The molecule has 1 unspecified atom stereocenters. The molecule has 1 heterocycles. The Labute approximate surface area is 180 Å². The minimum atomic E-state index is -1.49. The van der Waals surface area contributed by atoms with Crippen LogP contribution in [0, 0.1) is 23.4 Å². The number of amides is 1. The van der Waals surface area contributed by atoms with Crippen molar-refractivity contribution < 1.29 is 22.7 Å². The predicted octanol–water partition coefficient (Wildman–Crippen LogP) is 2.22. The second-order valence-corrected chi connectivity index (χ2v) is 6.77. The van der Waals surface area contributed by atoms with Gasteiger partial charge in [-0.05, 0) is 24.1 Å². The number of aliphatic imine (C=N–C) groups is 1. The zero-order valence-electron chi connectivity index (χ0n) is 16.2. The molecule has 1 aliphatic heterocycles. The average molecular weight is 514 g/mol. The van der Waals surface area contributed by atoms with E-state index in [1.807, 2.05) is 0 Å². The fourth-order valence-corrected chi connectivity index (χ4v) is 2.62. The summed E-state index contributed by atoms with van der Waals surface area (Å²) in [6, 6.07) is 1.89. The summed E-state index contributed by atoms with van der Waals surface area (Å²) in [4.78, 5) is 19.2. The van der Waals surface area contributed by atoms with E-state index in [2.05, 4.69) is 10.3 Å². The van der Waals surface area contributed by atoms with Crippen molar-refractivity contribution in [1.29, 1.82) is 0 Å². The van der Waals surface area contributed by atoms with Crippen LogP contribution in [0.25, 0.3) is 0 Å². The van der Waals surface area contributed by atoms with Crippen LogP contribution in [-0.2, 0) is 16.1 Å². The van der Waals surface area contributed by atoms with Crippen molar-refractivity contribution in [3.05, 3.63) is 35.1 Å². The van der Waals surface area contributed by atoms with Crippen LogP contribution in [-0.4, -0.2) is 69.1 Å². The number of guanidine groups is 1. The molecule has 6 nitrogen and oxygen atoms in total. The van der Waals surface area contributed by atoms with Crippen LogP contribution >= 0.6 is 24.0 Å². The van der Waals surface area contributed by atoms with Crippen molar-refractivity contribution >= 4 is 35.8 Å². The summed E-state index contributed by atoms with van der Waals surface area (Å²) in [6.07, 6.45) is 0.926. The first kappa shape index (κ1) is 24.5. The van der Waals surface area contributed by atoms with Crippen molar-refractivity contribution in [3.63, 3.8) is 0 Å². The van der Waals surface area contributed by atoms with Crippen LogP contribution in [0.5, 0.6) is 0 Å². The molecule has 0 saturated carbocycles. The summed E-state index contributed by atoms with van der Waals surface area (Å²) in [7, 11) is 4.94. The van der Waals surface area contributed by atoms with Crippen LogP contribution in [0.15, 0.2) is 17.1 Å². The van der Waals surface area contributed by atoms with Crippen LogP contribution in [0.3, 0.4) is 0 Å².